The number of thioether (sulfide) groups is 1. The van der Waals surface area contributed by atoms with Crippen LogP contribution in [-0.2, 0) is 64.0 Å². The van der Waals surface area contributed by atoms with Crippen molar-refractivity contribution in [2.75, 3.05) is 59.5 Å². The number of hydrogen-bond donors (Lipinski definition) is 7. The van der Waals surface area contributed by atoms with E-state index in [-0.39, 0.29) is 128 Å². The van der Waals surface area contributed by atoms with Gasteiger partial charge in [0.25, 0.3) is 0 Å². The lowest BCUT2D eigenvalue weighted by Crippen LogP contribution is -2.55. The van der Waals surface area contributed by atoms with Crippen molar-refractivity contribution in [1.82, 2.24) is 40.9 Å². The fraction of sp³-hybridized carbons (Fsp3) is 0.671. The zero-order valence-corrected chi connectivity index (χ0v) is 60.0. The fourth-order valence-corrected chi connectivity index (χ4v) is 13.5. The summed E-state index contributed by atoms with van der Waals surface area (Å²) in [6.07, 6.45) is 2.53. The van der Waals surface area contributed by atoms with Crippen LogP contribution >= 0.6 is 11.8 Å². The van der Waals surface area contributed by atoms with E-state index in [1.807, 2.05) is 45.9 Å². The van der Waals surface area contributed by atoms with Crippen molar-refractivity contribution >= 4 is 82.6 Å². The Morgan fingerprint density at radius 3 is 2.01 bits per heavy atom. The lowest BCUT2D eigenvalue weighted by Gasteiger charge is -2.41. The second kappa shape index (κ2) is 39.9. The highest BCUT2D eigenvalue weighted by Gasteiger charge is 2.45. The van der Waals surface area contributed by atoms with Crippen LogP contribution in [0, 0.1) is 35.5 Å². The molecule has 2 aromatic carbocycles. The van der Waals surface area contributed by atoms with Gasteiger partial charge in [-0.05, 0) is 98.6 Å². The van der Waals surface area contributed by atoms with Gasteiger partial charge < -0.3 is 66.3 Å². The zero-order chi connectivity index (χ0) is 71.7. The number of nitrogens with zero attached hydrogens (tertiary/aromatic N) is 4. The smallest absolute Gasteiger partial charge is 0.410 e. The van der Waals surface area contributed by atoms with Gasteiger partial charge in [0.2, 0.25) is 47.3 Å². The molecule has 2 aliphatic rings. The molecule has 0 saturated carbocycles. The van der Waals surface area contributed by atoms with Gasteiger partial charge in [0.15, 0.2) is 5.78 Å². The van der Waals surface area contributed by atoms with Crippen molar-refractivity contribution in [3.8, 4) is 0 Å². The standard InChI is InChI=1S/C70H110N10O15S/c1-16-44(8)61(54(93-13)38-57(83)79-36-24-28-52(79)63(94-14)45(9)64(86)73-46(10)62(85)48-25-19-17-20-26-48)77(11)67(89)50(41(2)3)37-53(81)60(43(6)7)78(12)70(92)95-40-47-30-32-49(33-31-47)74-65(87)51(27-23-34-72-69(71)91)75-66(88)59(42(4)5)76-56(82)29-21-18-22-35-80-58(84)39-55(96-15)68(80)90/h17,19-20,25-26,30-33,41-46,50-52,54-55,59-63,85H,16,18,21-24,27-29,34-40H2,1-15H3,(H,73,86)(H,74,87)(H,75,88)(H,76,82)(H3,71,72,91)/t44-,45+,46+,50-,51-,52-,54+,55?,59-,60-,61-,62+,63+/m0/s1. The van der Waals surface area contributed by atoms with E-state index in [9.17, 15) is 57.8 Å². The van der Waals surface area contributed by atoms with Crippen molar-refractivity contribution in [3.63, 3.8) is 0 Å². The number of aliphatic hydroxyl groups excluding tert-OH is 1. The maximum Gasteiger partial charge on any atom is 0.410 e. The third-order valence-corrected chi connectivity index (χ3v) is 19.6. The van der Waals surface area contributed by atoms with Crippen molar-refractivity contribution in [2.45, 2.75) is 213 Å². The summed E-state index contributed by atoms with van der Waals surface area (Å²) in [6, 6.07) is 10.1. The van der Waals surface area contributed by atoms with Gasteiger partial charge in [-0.3, -0.25) is 48.1 Å². The molecular formula is C70H110N10O15S. The molecule has 2 aromatic rings. The number of primary amides is 1. The van der Waals surface area contributed by atoms with Crippen LogP contribution < -0.4 is 32.3 Å². The number of nitrogens with two attached hydrogens (primary N) is 1. The van der Waals surface area contributed by atoms with Gasteiger partial charge in [0.05, 0.1) is 60.1 Å². The molecule has 0 aromatic heterocycles. The van der Waals surface area contributed by atoms with E-state index < -0.39 is 90.3 Å². The molecule has 0 radical (unpaired) electrons. The summed E-state index contributed by atoms with van der Waals surface area (Å²) < 4.78 is 17.8. The number of carbonyl (C=O) groups is 11. The van der Waals surface area contributed by atoms with Gasteiger partial charge in [-0.2, -0.15) is 11.8 Å². The number of ether oxygens (including phenoxy) is 3. The minimum absolute atomic E-state index is 0.0716. The van der Waals surface area contributed by atoms with Crippen molar-refractivity contribution in [1.29, 1.82) is 0 Å². The summed E-state index contributed by atoms with van der Waals surface area (Å²) in [6.45, 7) is 19.0. The topological polar surface area (TPSA) is 335 Å². The molecule has 11 amide bonds. The molecule has 96 heavy (non-hydrogen) atoms. The van der Waals surface area contributed by atoms with Crippen LogP contribution in [0.15, 0.2) is 54.6 Å². The van der Waals surface area contributed by atoms with Crippen molar-refractivity contribution in [2.24, 2.45) is 41.2 Å². The number of urea groups is 1. The van der Waals surface area contributed by atoms with E-state index >= 15 is 0 Å². The molecule has 2 fully saturated rings. The summed E-state index contributed by atoms with van der Waals surface area (Å²) in [5.41, 5.74) is 6.82. The molecule has 1 unspecified atom stereocenters. The SMILES string of the molecule is CC[C@H](C)[C@@H]([C@@H](CC(=O)N1CCC[C@H]1[C@H](OC)[C@@H](C)C(=O)N[C@H](C)[C@@H](O)c1ccccc1)OC)N(C)C(=O)[C@@H](CC(=O)[C@H](C(C)C)N(C)C(=O)OCc1ccc(NC(=O)[C@H](CCCNC(N)=O)NC(=O)[C@@H](NC(=O)CCCCCN2C(=O)CC(SC)C2=O)C(C)C)cc1)C(C)C. The summed E-state index contributed by atoms with van der Waals surface area (Å²) in [5.74, 6) is -5.84. The van der Waals surface area contributed by atoms with E-state index in [4.69, 9.17) is 19.9 Å². The number of benzene rings is 2. The van der Waals surface area contributed by atoms with Crippen LogP contribution in [0.2, 0.25) is 0 Å². The molecule has 26 heteroatoms. The number of hydrogen-bond acceptors (Lipinski definition) is 16. The van der Waals surface area contributed by atoms with Gasteiger partial charge >= 0.3 is 12.1 Å². The molecule has 2 aliphatic heterocycles. The summed E-state index contributed by atoms with van der Waals surface area (Å²) in [7, 11) is 6.18. The van der Waals surface area contributed by atoms with Crippen LogP contribution in [0.25, 0.3) is 0 Å². The zero-order valence-electron chi connectivity index (χ0n) is 59.2. The van der Waals surface area contributed by atoms with Crippen molar-refractivity contribution < 1.29 is 72.1 Å². The van der Waals surface area contributed by atoms with E-state index in [1.165, 1.54) is 42.8 Å². The first-order valence-electron chi connectivity index (χ1n) is 33.9. The number of imide groups is 1. The Morgan fingerprint density at radius 1 is 0.771 bits per heavy atom. The second-order valence-corrected chi connectivity index (χ2v) is 27.8. The number of nitrogens with one attached hydrogen (secondary N) is 5. The van der Waals surface area contributed by atoms with E-state index in [0.717, 1.165) is 0 Å². The molecule has 0 aliphatic carbocycles. The first-order valence-corrected chi connectivity index (χ1v) is 35.2. The fourth-order valence-electron chi connectivity index (χ4n) is 12.8. The normalized spacial score (nSPS) is 18.3. The average molecular weight is 1360 g/mol. The number of likely N-dealkylation sites (tertiary alicyclic amines) is 2. The number of likely N-dealkylation sites (N-methyl/N-ethyl adjacent to an activating group) is 2. The molecule has 536 valence electrons. The molecule has 0 bridgehead atoms. The molecule has 13 atom stereocenters. The average Bonchev–Trinajstić information content (AvgIpc) is 1.42. The van der Waals surface area contributed by atoms with Gasteiger partial charge in [-0.25, -0.2) is 9.59 Å². The first-order chi connectivity index (χ1) is 45.4. The molecule has 2 heterocycles. The Hall–Kier alpha value is -7.16. The first kappa shape index (κ1) is 81.3. The predicted molar refractivity (Wildman–Crippen MR) is 367 cm³/mol. The third-order valence-electron chi connectivity index (χ3n) is 18.7. The number of rotatable bonds is 40. The molecule has 8 N–H and O–H groups in total. The predicted octanol–water partition coefficient (Wildman–Crippen LogP) is 6.73. The molecule has 25 nitrogen and oxygen atoms in total. The summed E-state index contributed by atoms with van der Waals surface area (Å²) in [4.78, 5) is 154. The maximum absolute atomic E-state index is 14.9. The van der Waals surface area contributed by atoms with E-state index in [1.54, 1.807) is 101 Å². The highest BCUT2D eigenvalue weighted by atomic mass is 32.2. The number of Topliss-reactive ketones (excluding diaryl/α,β-unsaturated/α-hetero) is 1. The second-order valence-electron chi connectivity index (χ2n) is 26.7. The number of carbonyl (C=O) groups excluding carboxylic acids is 11. The lowest BCUT2D eigenvalue weighted by molar-refractivity contribution is -0.149. The highest BCUT2D eigenvalue weighted by molar-refractivity contribution is 8.00. The Kier molecular flexibility index (Phi) is 33.8. The Balaban J connectivity index is 1.37. The largest absolute Gasteiger partial charge is 0.445 e. The van der Waals surface area contributed by atoms with Gasteiger partial charge in [-0.15, -0.1) is 0 Å². The Labute approximate surface area is 572 Å². The van der Waals surface area contributed by atoms with Crippen molar-refractivity contribution in [3.05, 3.63) is 65.7 Å². The number of ketones is 1. The number of methoxy groups -OCH3 is 2. The van der Waals surface area contributed by atoms with Gasteiger partial charge in [0, 0.05) is 78.8 Å². The minimum atomic E-state index is -1.11. The lowest BCUT2D eigenvalue weighted by atomic mass is 9.83. The van der Waals surface area contributed by atoms with Crippen LogP contribution in [0.1, 0.15) is 164 Å². The van der Waals surface area contributed by atoms with Crippen LogP contribution in [-0.4, -0.2) is 198 Å². The van der Waals surface area contributed by atoms with Crippen LogP contribution in [0.4, 0.5) is 15.3 Å². The van der Waals surface area contributed by atoms with Gasteiger partial charge in [0.1, 0.15) is 18.7 Å². The number of unbranched alkanes of at least 4 members (excludes halogenated alkanes) is 2. The highest BCUT2D eigenvalue weighted by Crippen LogP contribution is 2.32. The van der Waals surface area contributed by atoms with Crippen LogP contribution in [0.3, 0.4) is 0 Å². The molecular weight excluding hydrogens is 1250 g/mol. The van der Waals surface area contributed by atoms with Crippen LogP contribution in [0.5, 0.6) is 0 Å². The Morgan fingerprint density at radius 2 is 1.44 bits per heavy atom. The molecule has 4 rings (SSSR count). The molecule has 2 saturated heterocycles. The number of anilines is 1. The molecule has 0 spiro atoms. The summed E-state index contributed by atoms with van der Waals surface area (Å²) >= 11 is 1.35. The van der Waals surface area contributed by atoms with Gasteiger partial charge in [-0.1, -0.05) is 118 Å². The Bertz CT molecular complexity index is 2900. The van der Waals surface area contributed by atoms with E-state index in [2.05, 4.69) is 26.6 Å². The monoisotopic (exact) mass is 1360 g/mol. The summed E-state index contributed by atoms with van der Waals surface area (Å²) in [5, 5.41) is 24.4. The number of aliphatic hydroxyl groups is 1. The maximum atomic E-state index is 14.9. The van der Waals surface area contributed by atoms with E-state index in [0.29, 0.717) is 61.9 Å². The third kappa shape index (κ3) is 23.5. The minimum Gasteiger partial charge on any atom is -0.445 e. The quantitative estimate of drug-likeness (QED) is 0.0268. The number of amides is 11.